The topological polar surface area (TPSA) is 79.4 Å². The predicted molar refractivity (Wildman–Crippen MR) is 98.1 cm³/mol. The summed E-state index contributed by atoms with van der Waals surface area (Å²) in [5.41, 5.74) is -0.451. The maximum atomic E-state index is 12.7. The van der Waals surface area contributed by atoms with Gasteiger partial charge in [-0.1, -0.05) is 13.8 Å². The average molecular weight is 381 g/mol. The lowest BCUT2D eigenvalue weighted by Crippen LogP contribution is -2.51. The van der Waals surface area contributed by atoms with E-state index in [2.05, 4.69) is 13.8 Å². The fourth-order valence-corrected chi connectivity index (χ4v) is 3.90. The third kappa shape index (κ3) is 4.91. The third-order valence-corrected chi connectivity index (χ3v) is 5.77. The molecule has 27 heavy (non-hydrogen) atoms. The normalized spacial score (nSPS) is 23.1. The molecule has 1 spiro atoms. The van der Waals surface area contributed by atoms with Gasteiger partial charge in [0.25, 0.3) is 0 Å². The van der Waals surface area contributed by atoms with Crippen LogP contribution in [0.4, 0.5) is 4.79 Å². The van der Waals surface area contributed by atoms with Crippen LogP contribution in [0.5, 0.6) is 0 Å². The molecular weight excluding hydrogens is 350 g/mol. The van der Waals surface area contributed by atoms with Gasteiger partial charge >= 0.3 is 6.09 Å². The molecule has 0 bridgehead atoms. The zero-order chi connectivity index (χ0) is 19.4. The quantitative estimate of drug-likeness (QED) is 0.712. The van der Waals surface area contributed by atoms with Crippen molar-refractivity contribution in [1.29, 1.82) is 0 Å². The molecule has 0 atom stereocenters. The van der Waals surface area contributed by atoms with Gasteiger partial charge in [0.1, 0.15) is 13.2 Å². The monoisotopic (exact) mass is 381 g/mol. The highest BCUT2D eigenvalue weighted by molar-refractivity contribution is 5.83. The highest BCUT2D eigenvalue weighted by Crippen LogP contribution is 2.32. The van der Waals surface area contributed by atoms with E-state index in [0.717, 1.165) is 13.0 Å². The zero-order valence-corrected chi connectivity index (χ0v) is 16.4. The molecule has 0 aromatic carbocycles. The van der Waals surface area contributed by atoms with Crippen molar-refractivity contribution in [2.24, 2.45) is 5.92 Å². The van der Waals surface area contributed by atoms with Crippen molar-refractivity contribution in [2.45, 2.75) is 45.1 Å². The molecule has 152 valence electrons. The number of amides is 3. The van der Waals surface area contributed by atoms with Crippen molar-refractivity contribution in [2.75, 3.05) is 52.5 Å². The van der Waals surface area contributed by atoms with E-state index in [-0.39, 0.29) is 18.4 Å². The molecule has 0 saturated carbocycles. The molecule has 3 aliphatic heterocycles. The second-order valence-electron chi connectivity index (χ2n) is 8.19. The van der Waals surface area contributed by atoms with Crippen molar-refractivity contribution in [3.8, 4) is 0 Å². The fourth-order valence-electron chi connectivity index (χ4n) is 3.90. The molecular formula is C19H31N3O5. The summed E-state index contributed by atoms with van der Waals surface area (Å²) in [7, 11) is 0. The molecule has 0 N–H and O–H groups in total. The number of nitrogens with zero attached hydrogens (tertiary/aromatic N) is 3. The van der Waals surface area contributed by atoms with Gasteiger partial charge in [-0.25, -0.2) is 4.79 Å². The van der Waals surface area contributed by atoms with Crippen molar-refractivity contribution in [1.82, 2.24) is 14.7 Å². The summed E-state index contributed by atoms with van der Waals surface area (Å²) in [4.78, 5) is 41.8. The van der Waals surface area contributed by atoms with Gasteiger partial charge in [-0.3, -0.25) is 14.5 Å². The maximum Gasteiger partial charge on any atom is 0.410 e. The SMILES string of the molecule is CC(C)CCN1CCOC2(CCN(C(=O)CN3CCOC3=O)CC2)CC1=O. The molecule has 3 rings (SSSR count). The Morgan fingerprint density at radius 1 is 1.07 bits per heavy atom. The molecule has 3 saturated heterocycles. The summed E-state index contributed by atoms with van der Waals surface area (Å²) in [6.07, 6.45) is 2.29. The Labute approximate surface area is 160 Å². The lowest BCUT2D eigenvalue weighted by molar-refractivity contribution is -0.141. The van der Waals surface area contributed by atoms with Gasteiger partial charge < -0.3 is 19.3 Å². The Morgan fingerprint density at radius 2 is 1.78 bits per heavy atom. The van der Waals surface area contributed by atoms with E-state index in [4.69, 9.17) is 9.47 Å². The molecule has 3 amide bonds. The lowest BCUT2D eigenvalue weighted by Gasteiger charge is -2.40. The van der Waals surface area contributed by atoms with Crippen molar-refractivity contribution in [3.63, 3.8) is 0 Å². The van der Waals surface area contributed by atoms with Crippen molar-refractivity contribution >= 4 is 17.9 Å². The average Bonchev–Trinajstić information content (AvgIpc) is 2.95. The van der Waals surface area contributed by atoms with Gasteiger partial charge in [0.2, 0.25) is 11.8 Å². The van der Waals surface area contributed by atoms with Crippen LogP contribution in [0, 0.1) is 5.92 Å². The summed E-state index contributed by atoms with van der Waals surface area (Å²) >= 11 is 0. The van der Waals surface area contributed by atoms with Crippen LogP contribution in [0.25, 0.3) is 0 Å². The standard InChI is InChI=1S/C19H31N3O5/c1-15(2)3-6-20-10-12-27-19(13-16(20)23)4-7-21(8-5-19)17(24)14-22-9-11-26-18(22)25/h15H,3-14H2,1-2H3. The van der Waals surface area contributed by atoms with Gasteiger partial charge in [0.05, 0.1) is 25.2 Å². The first kappa shape index (κ1) is 19.9. The summed E-state index contributed by atoms with van der Waals surface area (Å²) in [6.45, 7) is 8.29. The minimum Gasteiger partial charge on any atom is -0.448 e. The fraction of sp³-hybridized carbons (Fsp3) is 0.842. The van der Waals surface area contributed by atoms with Gasteiger partial charge in [-0.05, 0) is 25.2 Å². The molecule has 3 heterocycles. The number of likely N-dealkylation sites (tertiary alicyclic amines) is 1. The minimum absolute atomic E-state index is 0.0641. The van der Waals surface area contributed by atoms with Crippen LogP contribution in [0.1, 0.15) is 39.5 Å². The van der Waals surface area contributed by atoms with E-state index in [1.54, 1.807) is 4.90 Å². The lowest BCUT2D eigenvalue weighted by atomic mass is 9.87. The molecule has 0 unspecified atom stereocenters. The van der Waals surface area contributed by atoms with Gasteiger partial charge in [0.15, 0.2) is 0 Å². The Balaban J connectivity index is 1.50. The summed E-state index contributed by atoms with van der Waals surface area (Å²) in [5.74, 6) is 0.660. The Hall–Kier alpha value is -1.83. The van der Waals surface area contributed by atoms with E-state index in [1.807, 2.05) is 4.90 Å². The summed E-state index contributed by atoms with van der Waals surface area (Å²) < 4.78 is 11.0. The smallest absolute Gasteiger partial charge is 0.410 e. The highest BCUT2D eigenvalue weighted by atomic mass is 16.6. The molecule has 8 nitrogen and oxygen atoms in total. The number of ether oxygens (including phenoxy) is 2. The third-order valence-electron chi connectivity index (χ3n) is 5.77. The first-order valence-corrected chi connectivity index (χ1v) is 10.00. The number of carbonyl (C=O) groups excluding carboxylic acids is 3. The summed E-state index contributed by atoms with van der Waals surface area (Å²) in [6, 6.07) is 0. The first-order chi connectivity index (χ1) is 12.9. The second-order valence-corrected chi connectivity index (χ2v) is 8.19. The van der Waals surface area contributed by atoms with Crippen LogP contribution in [0.3, 0.4) is 0 Å². The van der Waals surface area contributed by atoms with Crippen LogP contribution in [0.2, 0.25) is 0 Å². The van der Waals surface area contributed by atoms with Crippen LogP contribution >= 0.6 is 0 Å². The minimum atomic E-state index is -0.451. The molecule has 0 aromatic heterocycles. The van der Waals surface area contributed by atoms with Crippen LogP contribution in [-0.2, 0) is 19.1 Å². The van der Waals surface area contributed by atoms with Crippen molar-refractivity contribution < 1.29 is 23.9 Å². The predicted octanol–water partition coefficient (Wildman–Crippen LogP) is 1.09. The van der Waals surface area contributed by atoms with Crippen molar-refractivity contribution in [3.05, 3.63) is 0 Å². The van der Waals surface area contributed by atoms with E-state index in [0.29, 0.717) is 64.6 Å². The van der Waals surface area contributed by atoms with Crippen LogP contribution < -0.4 is 0 Å². The Bertz CT molecular complexity index is 572. The number of carbonyl (C=O) groups is 3. The van der Waals surface area contributed by atoms with E-state index < -0.39 is 11.7 Å². The van der Waals surface area contributed by atoms with E-state index >= 15 is 0 Å². The molecule has 0 aliphatic carbocycles. The Morgan fingerprint density at radius 3 is 2.41 bits per heavy atom. The summed E-state index contributed by atoms with van der Waals surface area (Å²) in [5, 5.41) is 0. The molecule has 0 aromatic rings. The van der Waals surface area contributed by atoms with E-state index in [9.17, 15) is 14.4 Å². The number of cyclic esters (lactones) is 1. The zero-order valence-electron chi connectivity index (χ0n) is 16.4. The van der Waals surface area contributed by atoms with Gasteiger partial charge in [0, 0.05) is 26.2 Å². The number of hydrogen-bond acceptors (Lipinski definition) is 5. The molecule has 3 aliphatic rings. The molecule has 8 heteroatoms. The highest BCUT2D eigenvalue weighted by Gasteiger charge is 2.41. The second kappa shape index (κ2) is 8.46. The van der Waals surface area contributed by atoms with E-state index in [1.165, 1.54) is 4.90 Å². The number of hydrogen-bond donors (Lipinski definition) is 0. The molecule has 3 fully saturated rings. The van der Waals surface area contributed by atoms with Gasteiger partial charge in [-0.15, -0.1) is 0 Å². The maximum absolute atomic E-state index is 12.7. The molecule has 0 radical (unpaired) electrons. The number of piperidine rings is 1. The largest absolute Gasteiger partial charge is 0.448 e. The number of rotatable bonds is 5. The van der Waals surface area contributed by atoms with Crippen LogP contribution in [-0.4, -0.2) is 90.7 Å². The first-order valence-electron chi connectivity index (χ1n) is 10.00. The van der Waals surface area contributed by atoms with Crippen LogP contribution in [0.15, 0.2) is 0 Å². The van der Waals surface area contributed by atoms with Gasteiger partial charge in [-0.2, -0.15) is 0 Å². The Kier molecular flexibility index (Phi) is 6.24.